The molecule has 21 heavy (non-hydrogen) atoms. The summed E-state index contributed by atoms with van der Waals surface area (Å²) >= 11 is 5.16. The van der Waals surface area contributed by atoms with Gasteiger partial charge in [0.2, 0.25) is 0 Å². The smallest absolute Gasteiger partial charge is 0.404 e. The molecule has 0 bridgehead atoms. The summed E-state index contributed by atoms with van der Waals surface area (Å²) in [5.74, 6) is -0.294. The van der Waals surface area contributed by atoms with Crippen LogP contribution in [-0.2, 0) is 0 Å². The van der Waals surface area contributed by atoms with Gasteiger partial charge in [-0.3, -0.25) is 0 Å². The highest BCUT2D eigenvalue weighted by Gasteiger charge is 2.32. The molecule has 2 rings (SSSR count). The number of hydrogen-bond donors (Lipinski definition) is 2. The monoisotopic (exact) mass is 318 g/mol. The molecule has 1 aliphatic carbocycles. The maximum Gasteiger partial charge on any atom is 0.573 e. The van der Waals surface area contributed by atoms with Gasteiger partial charge >= 0.3 is 6.36 Å². The fraction of sp³-hybridized carbons (Fsp3) is 0.500. The third-order valence-electron chi connectivity index (χ3n) is 3.30. The van der Waals surface area contributed by atoms with E-state index in [4.69, 9.17) is 12.2 Å². The minimum atomic E-state index is -4.73. The molecule has 0 spiro atoms. The first kappa shape index (κ1) is 15.9. The molecule has 3 nitrogen and oxygen atoms in total. The van der Waals surface area contributed by atoms with Gasteiger partial charge in [-0.15, -0.1) is 13.2 Å². The molecule has 0 aliphatic heterocycles. The lowest BCUT2D eigenvalue weighted by Gasteiger charge is -2.24. The minimum Gasteiger partial charge on any atom is -0.404 e. The molecule has 0 unspecified atom stereocenters. The predicted molar refractivity (Wildman–Crippen MR) is 79.4 cm³/mol. The van der Waals surface area contributed by atoms with Crippen molar-refractivity contribution in [3.05, 3.63) is 24.3 Å². The number of hydrogen-bond acceptors (Lipinski definition) is 2. The Hall–Kier alpha value is -1.50. The number of para-hydroxylation sites is 2. The number of ether oxygens (including phenoxy) is 1. The van der Waals surface area contributed by atoms with Crippen LogP contribution in [0.25, 0.3) is 0 Å². The zero-order valence-electron chi connectivity index (χ0n) is 11.4. The minimum absolute atomic E-state index is 0.197. The van der Waals surface area contributed by atoms with Crippen molar-refractivity contribution in [2.45, 2.75) is 44.5 Å². The number of rotatable bonds is 3. The van der Waals surface area contributed by atoms with Crippen molar-refractivity contribution >= 4 is 23.0 Å². The molecule has 1 saturated carbocycles. The van der Waals surface area contributed by atoms with E-state index in [-0.39, 0.29) is 17.5 Å². The topological polar surface area (TPSA) is 33.3 Å². The van der Waals surface area contributed by atoms with E-state index in [0.717, 1.165) is 25.7 Å². The van der Waals surface area contributed by atoms with Crippen molar-refractivity contribution in [1.29, 1.82) is 0 Å². The zero-order valence-corrected chi connectivity index (χ0v) is 12.2. The molecule has 0 radical (unpaired) electrons. The first-order valence-electron chi connectivity index (χ1n) is 6.86. The van der Waals surface area contributed by atoms with Crippen molar-refractivity contribution in [1.82, 2.24) is 5.32 Å². The van der Waals surface area contributed by atoms with E-state index in [0.29, 0.717) is 5.11 Å². The van der Waals surface area contributed by atoms with Crippen molar-refractivity contribution in [3.63, 3.8) is 0 Å². The lowest BCUT2D eigenvalue weighted by Crippen LogP contribution is -2.39. The van der Waals surface area contributed by atoms with Crippen molar-refractivity contribution in [2.75, 3.05) is 5.32 Å². The van der Waals surface area contributed by atoms with Gasteiger partial charge in [0.15, 0.2) is 10.9 Å². The summed E-state index contributed by atoms with van der Waals surface area (Å²) in [6, 6.07) is 6.13. The Morgan fingerprint density at radius 1 is 1.14 bits per heavy atom. The maximum absolute atomic E-state index is 12.3. The van der Waals surface area contributed by atoms with E-state index < -0.39 is 6.36 Å². The van der Waals surface area contributed by atoms with E-state index in [2.05, 4.69) is 15.4 Å². The molecule has 7 heteroatoms. The van der Waals surface area contributed by atoms with Crippen LogP contribution < -0.4 is 15.4 Å². The first-order valence-corrected chi connectivity index (χ1v) is 7.27. The molecule has 1 fully saturated rings. The fourth-order valence-electron chi connectivity index (χ4n) is 2.37. The number of nitrogens with one attached hydrogen (secondary N) is 2. The number of anilines is 1. The Balaban J connectivity index is 1.96. The van der Waals surface area contributed by atoms with Crippen LogP contribution >= 0.6 is 12.2 Å². The highest BCUT2D eigenvalue weighted by atomic mass is 32.1. The second-order valence-corrected chi connectivity index (χ2v) is 5.39. The third-order valence-corrected chi connectivity index (χ3v) is 3.52. The molecule has 0 atom stereocenters. The van der Waals surface area contributed by atoms with E-state index >= 15 is 0 Å². The van der Waals surface area contributed by atoms with Gasteiger partial charge in [0.25, 0.3) is 0 Å². The highest BCUT2D eigenvalue weighted by Crippen LogP contribution is 2.30. The van der Waals surface area contributed by atoms with Crippen LogP contribution in [0.4, 0.5) is 18.9 Å². The molecule has 1 aromatic carbocycles. The van der Waals surface area contributed by atoms with Gasteiger partial charge in [0.05, 0.1) is 5.69 Å². The summed E-state index contributed by atoms with van der Waals surface area (Å²) < 4.78 is 41.0. The average Bonchev–Trinajstić information content (AvgIpc) is 2.40. The number of alkyl halides is 3. The molecule has 0 heterocycles. The van der Waals surface area contributed by atoms with Crippen molar-refractivity contribution in [2.24, 2.45) is 0 Å². The Morgan fingerprint density at radius 3 is 2.48 bits per heavy atom. The van der Waals surface area contributed by atoms with Gasteiger partial charge in [-0.2, -0.15) is 0 Å². The van der Waals surface area contributed by atoms with Gasteiger partial charge in [0.1, 0.15) is 0 Å². The first-order chi connectivity index (χ1) is 9.94. The quantitative estimate of drug-likeness (QED) is 0.818. The summed E-state index contributed by atoms with van der Waals surface area (Å²) in [7, 11) is 0. The fourth-order valence-corrected chi connectivity index (χ4v) is 2.65. The summed E-state index contributed by atoms with van der Waals surface area (Å²) in [5.41, 5.74) is 0.197. The van der Waals surface area contributed by atoms with Crippen LogP contribution in [-0.4, -0.2) is 17.5 Å². The largest absolute Gasteiger partial charge is 0.573 e. The van der Waals surface area contributed by atoms with Crippen molar-refractivity contribution < 1.29 is 17.9 Å². The number of benzene rings is 1. The summed E-state index contributed by atoms with van der Waals surface area (Å²) in [6.07, 6.45) is 0.851. The number of halogens is 3. The van der Waals surface area contributed by atoms with Crippen LogP contribution in [0.3, 0.4) is 0 Å². The molecule has 116 valence electrons. The van der Waals surface area contributed by atoms with E-state index in [1.165, 1.54) is 24.6 Å². The van der Waals surface area contributed by atoms with Gasteiger partial charge in [-0.25, -0.2) is 0 Å². The molecule has 0 amide bonds. The van der Waals surface area contributed by atoms with E-state index in [1.54, 1.807) is 6.07 Å². The molecule has 1 aliphatic rings. The van der Waals surface area contributed by atoms with E-state index in [1.807, 2.05) is 0 Å². The van der Waals surface area contributed by atoms with Gasteiger partial charge in [0, 0.05) is 6.04 Å². The number of thiocarbonyl (C=S) groups is 1. The Kier molecular flexibility index (Phi) is 5.27. The van der Waals surface area contributed by atoms with Crippen LogP contribution in [0.2, 0.25) is 0 Å². The van der Waals surface area contributed by atoms with Crippen LogP contribution in [0.15, 0.2) is 24.3 Å². The van der Waals surface area contributed by atoms with Crippen LogP contribution in [0, 0.1) is 0 Å². The standard InChI is InChI=1S/C14H17F3N2OS/c15-14(16,17)20-12-9-5-4-8-11(12)19-13(21)18-10-6-2-1-3-7-10/h4-5,8-10H,1-3,6-7H2,(H2,18,19,21). The van der Waals surface area contributed by atoms with E-state index in [9.17, 15) is 13.2 Å². The van der Waals surface area contributed by atoms with Crippen LogP contribution in [0.1, 0.15) is 32.1 Å². The Morgan fingerprint density at radius 2 is 1.81 bits per heavy atom. The molecular formula is C14H17F3N2OS. The van der Waals surface area contributed by atoms with Crippen LogP contribution in [0.5, 0.6) is 5.75 Å². The normalized spacial score (nSPS) is 16.3. The summed E-state index contributed by atoms with van der Waals surface area (Å²) in [4.78, 5) is 0. The zero-order chi connectivity index (χ0) is 15.3. The predicted octanol–water partition coefficient (Wildman–Crippen LogP) is 4.20. The second kappa shape index (κ2) is 6.98. The molecular weight excluding hydrogens is 301 g/mol. The molecule has 0 saturated heterocycles. The Labute approximate surface area is 126 Å². The molecule has 1 aromatic rings. The summed E-state index contributed by atoms with van der Waals surface area (Å²) in [6.45, 7) is 0. The summed E-state index contributed by atoms with van der Waals surface area (Å²) in [5, 5.41) is 6.24. The van der Waals surface area contributed by atoms with Crippen molar-refractivity contribution in [3.8, 4) is 5.75 Å². The molecule has 0 aromatic heterocycles. The lowest BCUT2D eigenvalue weighted by atomic mass is 9.96. The Bertz CT molecular complexity index is 487. The SMILES string of the molecule is FC(F)(F)Oc1ccccc1NC(=S)NC1CCCCC1. The second-order valence-electron chi connectivity index (χ2n) is 4.98. The highest BCUT2D eigenvalue weighted by molar-refractivity contribution is 7.80. The lowest BCUT2D eigenvalue weighted by molar-refractivity contribution is -0.274. The molecule has 2 N–H and O–H groups in total. The third kappa shape index (κ3) is 5.41. The average molecular weight is 318 g/mol. The van der Waals surface area contributed by atoms with Gasteiger partial charge < -0.3 is 15.4 Å². The van der Waals surface area contributed by atoms with Gasteiger partial charge in [-0.05, 0) is 37.2 Å². The maximum atomic E-state index is 12.3. The van der Waals surface area contributed by atoms with Gasteiger partial charge in [-0.1, -0.05) is 31.4 Å².